The number of aliphatic hydroxyl groups excluding tert-OH is 1. The van der Waals surface area contributed by atoms with E-state index in [2.05, 4.69) is 57.0 Å². The molecule has 0 atom stereocenters. The molecule has 0 saturated heterocycles. The zero-order valence-electron chi connectivity index (χ0n) is 24.2. The molecule has 41 heavy (non-hydrogen) atoms. The molecule has 0 saturated carbocycles. The molecule has 5 rings (SSSR count). The fourth-order valence-electron chi connectivity index (χ4n) is 4.79. The number of anilines is 2. The Kier molecular flexibility index (Phi) is 11.7. The first-order valence-corrected chi connectivity index (χ1v) is 15.8. The minimum Gasteiger partial charge on any atom is -0.396 e. The Morgan fingerprint density at radius 3 is 2.54 bits per heavy atom. The summed E-state index contributed by atoms with van der Waals surface area (Å²) in [5.41, 5.74) is 1.66. The van der Waals surface area contributed by atoms with E-state index in [1.54, 1.807) is 29.8 Å². The molecular formula is C31H40ClFN6OS. The quantitative estimate of drug-likeness (QED) is 0.132. The monoisotopic (exact) mass is 598 g/mol. The van der Waals surface area contributed by atoms with Gasteiger partial charge in [-0.05, 0) is 56.6 Å². The van der Waals surface area contributed by atoms with Gasteiger partial charge in [0.1, 0.15) is 22.8 Å². The number of aliphatic hydroxyl groups is 1. The second kappa shape index (κ2) is 15.4. The summed E-state index contributed by atoms with van der Waals surface area (Å²) in [4.78, 5) is 12.5. The van der Waals surface area contributed by atoms with Gasteiger partial charge in [0.2, 0.25) is 0 Å². The molecule has 0 aliphatic carbocycles. The predicted octanol–water partition coefficient (Wildman–Crippen LogP) is 8.41. The van der Waals surface area contributed by atoms with Crippen LogP contribution in [0.25, 0.3) is 31.2 Å². The van der Waals surface area contributed by atoms with Gasteiger partial charge >= 0.3 is 0 Å². The van der Waals surface area contributed by atoms with Gasteiger partial charge in [0.05, 0.1) is 22.5 Å². The lowest BCUT2D eigenvalue weighted by Gasteiger charge is -2.21. The fraction of sp³-hybridized carbons (Fsp3) is 0.452. The van der Waals surface area contributed by atoms with Gasteiger partial charge in [0, 0.05) is 40.5 Å². The van der Waals surface area contributed by atoms with Crippen molar-refractivity contribution in [3.05, 3.63) is 53.7 Å². The lowest BCUT2D eigenvalue weighted by atomic mass is 10.1. The van der Waals surface area contributed by atoms with Crippen molar-refractivity contribution in [1.29, 1.82) is 0 Å². The maximum atomic E-state index is 13.6. The van der Waals surface area contributed by atoms with Crippen molar-refractivity contribution in [3.8, 4) is 0 Å². The van der Waals surface area contributed by atoms with Crippen LogP contribution in [0.15, 0.2) is 42.9 Å². The molecule has 7 nitrogen and oxygen atoms in total. The molecule has 0 amide bonds. The number of aromatic nitrogens is 4. The minimum atomic E-state index is -0.449. The second-order valence-electron chi connectivity index (χ2n) is 10.2. The molecule has 5 aromatic rings. The number of unbranched alkanes of at least 4 members (excludes halogenated alkanes) is 3. The first kappa shape index (κ1) is 31.1. The van der Waals surface area contributed by atoms with Crippen molar-refractivity contribution in [2.75, 3.05) is 31.6 Å². The van der Waals surface area contributed by atoms with Crippen LogP contribution in [0.5, 0.6) is 0 Å². The lowest BCUT2D eigenvalue weighted by molar-refractivity contribution is 0.253. The van der Waals surface area contributed by atoms with E-state index in [4.69, 9.17) is 21.8 Å². The molecule has 220 valence electrons. The number of benzene rings is 2. The maximum absolute atomic E-state index is 13.6. The topological polar surface area (TPSA) is 79.1 Å². The number of rotatable bonds is 13. The van der Waals surface area contributed by atoms with Crippen molar-refractivity contribution in [2.45, 2.75) is 65.8 Å². The summed E-state index contributed by atoms with van der Waals surface area (Å²) >= 11 is 7.62. The van der Waals surface area contributed by atoms with Gasteiger partial charge in [0.15, 0.2) is 0 Å². The van der Waals surface area contributed by atoms with Gasteiger partial charge in [-0.2, -0.15) is 5.10 Å². The van der Waals surface area contributed by atoms with E-state index in [1.807, 2.05) is 6.92 Å². The highest BCUT2D eigenvalue weighted by molar-refractivity contribution is 7.26. The number of hydrogen-bond acceptors (Lipinski definition) is 7. The molecule has 0 spiro atoms. The number of nitrogens with zero attached hydrogens (tertiary/aromatic N) is 5. The number of thiophene rings is 1. The van der Waals surface area contributed by atoms with Gasteiger partial charge in [-0.3, -0.25) is 4.68 Å². The summed E-state index contributed by atoms with van der Waals surface area (Å²) in [5.74, 6) is 0.221. The molecule has 2 aromatic carbocycles. The number of nitrogens with one attached hydrogen (secondary N) is 1. The molecule has 0 radical (unpaired) electrons. The summed E-state index contributed by atoms with van der Waals surface area (Å²) < 4.78 is 16.8. The van der Waals surface area contributed by atoms with E-state index in [0.717, 1.165) is 63.8 Å². The van der Waals surface area contributed by atoms with E-state index in [0.29, 0.717) is 18.1 Å². The van der Waals surface area contributed by atoms with Crippen molar-refractivity contribution in [1.82, 2.24) is 24.6 Å². The molecule has 3 heterocycles. The fourth-order valence-corrected chi connectivity index (χ4v) is 6.12. The summed E-state index contributed by atoms with van der Waals surface area (Å²) in [6.45, 7) is 10.9. The minimum absolute atomic E-state index is 0.0676. The zero-order chi connectivity index (χ0) is 29.2. The smallest absolute Gasteiger partial charge is 0.143 e. The standard InChI is InChI=1S/C28H32ClFN6S.C3H8O/c1-3-5-6-7-13-35(12-4-2)14-15-36-17-21-24(34-36)11-9-20-25-27(31-18-32-28(25)37-26(20)21)33-19-8-10-23(30)22(29)16-19;1-2-3-4/h8-11,16-18H,3-7,12-15H2,1-2H3,(H,31,32,33);4H,2-3H2,1H3. The Labute approximate surface area is 250 Å². The van der Waals surface area contributed by atoms with Crippen molar-refractivity contribution in [3.63, 3.8) is 0 Å². The third-order valence-corrected chi connectivity index (χ3v) is 8.32. The summed E-state index contributed by atoms with van der Waals surface area (Å²) in [7, 11) is 0. The van der Waals surface area contributed by atoms with Crippen molar-refractivity contribution < 1.29 is 9.50 Å². The SMILES string of the molecule is CCCCCCN(CCC)CCn1cc2c(ccc3c2sc2ncnc(Nc4ccc(F)c(Cl)c4)c23)n1.CCCO. The molecule has 10 heteroatoms. The predicted molar refractivity (Wildman–Crippen MR) is 171 cm³/mol. The van der Waals surface area contributed by atoms with Crippen LogP contribution in [0.3, 0.4) is 0 Å². The third kappa shape index (κ3) is 7.92. The Morgan fingerprint density at radius 1 is 0.976 bits per heavy atom. The Balaban J connectivity index is 0.000000909. The van der Waals surface area contributed by atoms with E-state index < -0.39 is 5.82 Å². The lowest BCUT2D eigenvalue weighted by Crippen LogP contribution is -2.29. The highest BCUT2D eigenvalue weighted by atomic mass is 35.5. The van der Waals surface area contributed by atoms with Crippen LogP contribution in [-0.2, 0) is 6.54 Å². The van der Waals surface area contributed by atoms with E-state index in [1.165, 1.54) is 38.2 Å². The normalized spacial score (nSPS) is 11.5. The first-order chi connectivity index (χ1) is 20.0. The van der Waals surface area contributed by atoms with E-state index >= 15 is 0 Å². The second-order valence-corrected chi connectivity index (χ2v) is 11.6. The molecule has 2 N–H and O–H groups in total. The average molecular weight is 599 g/mol. The molecule has 0 fully saturated rings. The van der Waals surface area contributed by atoms with Gasteiger partial charge in [-0.1, -0.05) is 57.7 Å². The summed E-state index contributed by atoms with van der Waals surface area (Å²) in [5, 5.41) is 19.3. The van der Waals surface area contributed by atoms with Crippen LogP contribution in [0.1, 0.15) is 59.3 Å². The van der Waals surface area contributed by atoms with Crippen LogP contribution >= 0.6 is 22.9 Å². The van der Waals surface area contributed by atoms with Crippen molar-refractivity contribution in [2.24, 2.45) is 0 Å². The number of fused-ring (bicyclic) bond motifs is 5. The molecule has 3 aromatic heterocycles. The molecule has 0 bridgehead atoms. The van der Waals surface area contributed by atoms with Crippen LogP contribution in [0.2, 0.25) is 5.02 Å². The largest absolute Gasteiger partial charge is 0.396 e. The molecule has 0 aliphatic rings. The van der Waals surface area contributed by atoms with Crippen LogP contribution in [0, 0.1) is 5.82 Å². The summed E-state index contributed by atoms with van der Waals surface area (Å²) in [6, 6.07) is 8.72. The maximum Gasteiger partial charge on any atom is 0.143 e. The third-order valence-electron chi connectivity index (χ3n) is 6.89. The van der Waals surface area contributed by atoms with E-state index in [9.17, 15) is 4.39 Å². The van der Waals surface area contributed by atoms with Crippen LogP contribution < -0.4 is 5.32 Å². The molecule has 0 aliphatic heterocycles. The average Bonchev–Trinajstić information content (AvgIpc) is 3.58. The Hall–Kier alpha value is -2.85. The summed E-state index contributed by atoms with van der Waals surface area (Å²) in [6.07, 6.45) is 10.9. The van der Waals surface area contributed by atoms with Crippen LogP contribution in [-0.4, -0.2) is 56.0 Å². The van der Waals surface area contributed by atoms with Crippen LogP contribution in [0.4, 0.5) is 15.9 Å². The van der Waals surface area contributed by atoms with Crippen molar-refractivity contribution >= 4 is 65.6 Å². The van der Waals surface area contributed by atoms with Gasteiger partial charge in [0.25, 0.3) is 0 Å². The van der Waals surface area contributed by atoms with Gasteiger partial charge in [-0.25, -0.2) is 14.4 Å². The molecule has 0 unspecified atom stereocenters. The molecular weight excluding hydrogens is 559 g/mol. The zero-order valence-corrected chi connectivity index (χ0v) is 25.7. The van der Waals surface area contributed by atoms with Gasteiger partial charge < -0.3 is 15.3 Å². The Bertz CT molecular complexity index is 1550. The number of hydrogen-bond donors (Lipinski definition) is 2. The van der Waals surface area contributed by atoms with Gasteiger partial charge in [-0.15, -0.1) is 11.3 Å². The highest BCUT2D eigenvalue weighted by Crippen LogP contribution is 2.40. The number of halogens is 2. The first-order valence-electron chi connectivity index (χ1n) is 14.6. The highest BCUT2D eigenvalue weighted by Gasteiger charge is 2.16. The Morgan fingerprint density at radius 2 is 1.80 bits per heavy atom. The van der Waals surface area contributed by atoms with E-state index in [-0.39, 0.29) is 5.02 Å².